The topological polar surface area (TPSA) is 43.4 Å². The summed E-state index contributed by atoms with van der Waals surface area (Å²) in [4.78, 5) is 0.480. The van der Waals surface area contributed by atoms with Crippen LogP contribution in [0.1, 0.15) is 32.1 Å². The highest BCUT2D eigenvalue weighted by molar-refractivity contribution is 7.91. The Morgan fingerprint density at radius 1 is 0.957 bits per heavy atom. The van der Waals surface area contributed by atoms with Gasteiger partial charge in [-0.15, -0.1) is 0 Å². The first-order valence-corrected chi connectivity index (χ1v) is 10.7. The smallest absolute Gasteiger partial charge is 0.178 e. The number of fused-ring (bicyclic) bond motifs is 2. The van der Waals surface area contributed by atoms with Crippen LogP contribution in [0.25, 0.3) is 0 Å². The van der Waals surface area contributed by atoms with Gasteiger partial charge in [-0.05, 0) is 54.6 Å². The van der Waals surface area contributed by atoms with Crippen molar-refractivity contribution >= 4 is 9.84 Å². The summed E-state index contributed by atoms with van der Waals surface area (Å²) in [6.07, 6.45) is 6.34. The van der Waals surface area contributed by atoms with E-state index in [1.165, 1.54) is 32.1 Å². The molecule has 1 aromatic carbocycles. The number of hydrogen-bond acceptors (Lipinski definition) is 3. The Kier molecular flexibility index (Phi) is 4.22. The quantitative estimate of drug-likeness (QED) is 0.849. The molecular weight excluding hydrogens is 308 g/mol. The molecule has 4 heteroatoms. The van der Waals surface area contributed by atoms with Crippen LogP contribution in [-0.2, 0) is 14.6 Å². The minimum absolute atomic E-state index is 0.284. The molecule has 0 N–H and O–H groups in total. The van der Waals surface area contributed by atoms with Crippen LogP contribution in [0.3, 0.4) is 0 Å². The molecule has 23 heavy (non-hydrogen) atoms. The number of ether oxygens (including phenoxy) is 1. The molecule has 126 valence electrons. The predicted octanol–water partition coefficient (Wildman–Crippen LogP) is 3.55. The summed E-state index contributed by atoms with van der Waals surface area (Å²) in [6.45, 7) is 1.61. The molecular formula is C19H26O3S. The predicted molar refractivity (Wildman–Crippen MR) is 89.8 cm³/mol. The van der Waals surface area contributed by atoms with Crippen LogP contribution in [0.2, 0.25) is 0 Å². The van der Waals surface area contributed by atoms with Crippen molar-refractivity contribution in [3.05, 3.63) is 30.3 Å². The third-order valence-electron chi connectivity index (χ3n) is 6.44. The molecule has 4 rings (SSSR count). The van der Waals surface area contributed by atoms with E-state index in [-0.39, 0.29) is 5.92 Å². The molecule has 1 saturated heterocycles. The molecule has 5 unspecified atom stereocenters. The molecule has 3 aliphatic rings. The van der Waals surface area contributed by atoms with Gasteiger partial charge < -0.3 is 4.74 Å². The van der Waals surface area contributed by atoms with Crippen LogP contribution in [0.15, 0.2) is 35.2 Å². The average molecular weight is 334 g/mol. The van der Waals surface area contributed by atoms with Gasteiger partial charge in [0.1, 0.15) is 0 Å². The van der Waals surface area contributed by atoms with Gasteiger partial charge >= 0.3 is 0 Å². The maximum Gasteiger partial charge on any atom is 0.178 e. The first-order chi connectivity index (χ1) is 11.1. The van der Waals surface area contributed by atoms with Crippen molar-refractivity contribution in [1.82, 2.24) is 0 Å². The molecule has 1 aromatic rings. The van der Waals surface area contributed by atoms with Gasteiger partial charge in [-0.2, -0.15) is 0 Å². The van der Waals surface area contributed by atoms with Crippen molar-refractivity contribution in [1.29, 1.82) is 0 Å². The summed E-state index contributed by atoms with van der Waals surface area (Å²) >= 11 is 0. The fourth-order valence-corrected chi connectivity index (χ4v) is 7.12. The van der Waals surface area contributed by atoms with Crippen molar-refractivity contribution in [2.24, 2.45) is 29.6 Å². The lowest BCUT2D eigenvalue weighted by molar-refractivity contribution is 0.0444. The lowest BCUT2D eigenvalue weighted by atomic mass is 9.59. The summed E-state index contributed by atoms with van der Waals surface area (Å²) in [5.41, 5.74) is 0. The molecule has 1 aliphatic heterocycles. The van der Waals surface area contributed by atoms with E-state index < -0.39 is 9.84 Å². The molecule has 5 atom stereocenters. The van der Waals surface area contributed by atoms with Crippen LogP contribution < -0.4 is 0 Å². The molecule has 3 nitrogen and oxygen atoms in total. The zero-order chi connectivity index (χ0) is 15.9. The Balaban J connectivity index is 1.62. The fraction of sp³-hybridized carbons (Fsp3) is 0.684. The second-order valence-electron chi connectivity index (χ2n) is 7.66. The van der Waals surface area contributed by atoms with Crippen molar-refractivity contribution in [3.63, 3.8) is 0 Å². The van der Waals surface area contributed by atoms with E-state index in [1.807, 2.05) is 18.2 Å². The monoisotopic (exact) mass is 334 g/mol. The first kappa shape index (κ1) is 15.6. The van der Waals surface area contributed by atoms with E-state index in [2.05, 4.69) is 0 Å². The Morgan fingerprint density at radius 2 is 1.74 bits per heavy atom. The third kappa shape index (κ3) is 2.96. The number of sulfone groups is 1. The lowest BCUT2D eigenvalue weighted by Crippen LogP contribution is -2.44. The number of benzene rings is 1. The molecule has 0 aromatic heterocycles. The maximum atomic E-state index is 12.9. The van der Waals surface area contributed by atoms with Gasteiger partial charge in [-0.1, -0.05) is 37.5 Å². The fourth-order valence-electron chi connectivity index (χ4n) is 5.35. The Morgan fingerprint density at radius 3 is 2.57 bits per heavy atom. The normalized spacial score (nSPS) is 37.1. The summed E-state index contributed by atoms with van der Waals surface area (Å²) in [5.74, 6) is 2.95. The van der Waals surface area contributed by atoms with E-state index >= 15 is 0 Å². The molecule has 0 amide bonds. The van der Waals surface area contributed by atoms with Gasteiger partial charge in [-0.25, -0.2) is 8.42 Å². The van der Waals surface area contributed by atoms with E-state index in [1.54, 1.807) is 12.1 Å². The van der Waals surface area contributed by atoms with E-state index in [0.717, 1.165) is 19.1 Å². The Hall–Kier alpha value is -0.870. The Labute approximate surface area is 139 Å². The van der Waals surface area contributed by atoms with Crippen molar-refractivity contribution in [2.75, 3.05) is 19.0 Å². The maximum absolute atomic E-state index is 12.9. The first-order valence-electron chi connectivity index (χ1n) is 9.01. The van der Waals surface area contributed by atoms with Crippen molar-refractivity contribution in [3.8, 4) is 0 Å². The molecule has 3 fully saturated rings. The molecule has 0 radical (unpaired) electrons. The summed E-state index contributed by atoms with van der Waals surface area (Å²) < 4.78 is 31.6. The van der Waals surface area contributed by atoms with E-state index in [9.17, 15) is 8.42 Å². The second-order valence-corrected chi connectivity index (χ2v) is 9.70. The SMILES string of the molecule is O=S(=O)(CC1C2CCCCC2CC2COCC21)c1ccccc1. The van der Waals surface area contributed by atoms with Gasteiger partial charge in [-0.3, -0.25) is 0 Å². The molecule has 1 heterocycles. The van der Waals surface area contributed by atoms with Gasteiger partial charge in [0.25, 0.3) is 0 Å². The Bertz CT molecular complexity index is 640. The molecule has 2 saturated carbocycles. The zero-order valence-electron chi connectivity index (χ0n) is 13.6. The van der Waals surface area contributed by atoms with Gasteiger partial charge in [0.15, 0.2) is 9.84 Å². The second kappa shape index (κ2) is 6.21. The standard InChI is InChI=1S/C19H26O3S/c20-23(21,16-7-2-1-3-8-16)13-19-17-9-5-4-6-14(17)10-15-11-22-12-18(15)19/h1-3,7-8,14-15,17-19H,4-6,9-13H2. The van der Waals surface area contributed by atoms with Crippen LogP contribution in [-0.4, -0.2) is 27.4 Å². The van der Waals surface area contributed by atoms with Crippen LogP contribution in [0.5, 0.6) is 0 Å². The highest BCUT2D eigenvalue weighted by Gasteiger charge is 2.48. The lowest BCUT2D eigenvalue weighted by Gasteiger charge is -2.46. The zero-order valence-corrected chi connectivity index (χ0v) is 14.4. The van der Waals surface area contributed by atoms with Gasteiger partial charge in [0.05, 0.1) is 17.3 Å². The third-order valence-corrected chi connectivity index (χ3v) is 8.25. The van der Waals surface area contributed by atoms with Crippen LogP contribution >= 0.6 is 0 Å². The molecule has 0 spiro atoms. The minimum atomic E-state index is -3.20. The van der Waals surface area contributed by atoms with Gasteiger partial charge in [0.2, 0.25) is 0 Å². The summed E-state index contributed by atoms with van der Waals surface area (Å²) in [5, 5.41) is 0. The largest absolute Gasteiger partial charge is 0.381 e. The van der Waals surface area contributed by atoms with E-state index in [4.69, 9.17) is 4.74 Å². The van der Waals surface area contributed by atoms with E-state index in [0.29, 0.717) is 28.4 Å². The van der Waals surface area contributed by atoms with Crippen molar-refractivity contribution in [2.45, 2.75) is 37.0 Å². The van der Waals surface area contributed by atoms with Crippen molar-refractivity contribution < 1.29 is 13.2 Å². The van der Waals surface area contributed by atoms with Crippen LogP contribution in [0, 0.1) is 29.6 Å². The molecule has 2 aliphatic carbocycles. The highest BCUT2D eigenvalue weighted by atomic mass is 32.2. The highest BCUT2D eigenvalue weighted by Crippen LogP contribution is 2.51. The number of rotatable bonds is 3. The number of hydrogen-bond donors (Lipinski definition) is 0. The van der Waals surface area contributed by atoms with Crippen LogP contribution in [0.4, 0.5) is 0 Å². The van der Waals surface area contributed by atoms with Gasteiger partial charge in [0, 0.05) is 6.61 Å². The summed E-state index contributed by atoms with van der Waals surface area (Å²) in [6, 6.07) is 8.98. The molecule has 0 bridgehead atoms. The average Bonchev–Trinajstić information content (AvgIpc) is 3.04. The summed E-state index contributed by atoms with van der Waals surface area (Å²) in [7, 11) is -3.20. The minimum Gasteiger partial charge on any atom is -0.381 e.